The van der Waals surface area contributed by atoms with Gasteiger partial charge in [-0.05, 0) is 46.5 Å². The van der Waals surface area contributed by atoms with Gasteiger partial charge in [-0.15, -0.1) is 0 Å². The van der Waals surface area contributed by atoms with Crippen LogP contribution in [-0.4, -0.2) is 34.9 Å². The van der Waals surface area contributed by atoms with Gasteiger partial charge in [0, 0.05) is 67.7 Å². The SMILES string of the molecule is c1ccc(-c2nc(-c3ccccc3)nc(-c3cc(-c4ccc(-c5cccc6c5oc5ccccc56)c(-c5nc(-c6ccccc6)nc(-c6ccccc6)n5)c4)ccc3-c3cccnc3)n2)cc1. The van der Waals surface area contributed by atoms with Crippen LogP contribution in [0.3, 0.4) is 0 Å². The maximum absolute atomic E-state index is 6.66. The lowest BCUT2D eigenvalue weighted by molar-refractivity contribution is 0.670. The van der Waals surface area contributed by atoms with Crippen molar-refractivity contribution in [1.29, 1.82) is 0 Å². The van der Waals surface area contributed by atoms with Crippen molar-refractivity contribution in [3.8, 4) is 102 Å². The second-order valence-corrected chi connectivity index (χ2v) is 16.1. The molecule has 0 N–H and O–H groups in total. The number of pyridine rings is 1. The third-order valence-electron chi connectivity index (χ3n) is 11.9. The van der Waals surface area contributed by atoms with Crippen molar-refractivity contribution < 1.29 is 4.42 Å². The van der Waals surface area contributed by atoms with Crippen molar-refractivity contribution in [2.24, 2.45) is 0 Å². The van der Waals surface area contributed by atoms with Crippen molar-refractivity contribution >= 4 is 21.9 Å². The third-order valence-corrected chi connectivity index (χ3v) is 11.9. The second-order valence-electron chi connectivity index (χ2n) is 16.1. The highest BCUT2D eigenvalue weighted by Gasteiger charge is 2.22. The first-order chi connectivity index (χ1) is 33.2. The zero-order valence-electron chi connectivity index (χ0n) is 35.9. The number of aromatic nitrogens is 7. The molecule has 0 amide bonds. The van der Waals surface area contributed by atoms with Crippen LogP contribution in [0.2, 0.25) is 0 Å². The molecule has 0 saturated carbocycles. The summed E-state index contributed by atoms with van der Waals surface area (Å²) in [4.78, 5) is 35.4. The van der Waals surface area contributed by atoms with E-state index in [0.29, 0.717) is 34.9 Å². The fourth-order valence-corrected chi connectivity index (χ4v) is 8.64. The minimum atomic E-state index is 0.530. The van der Waals surface area contributed by atoms with Crippen molar-refractivity contribution in [1.82, 2.24) is 34.9 Å². The van der Waals surface area contributed by atoms with Gasteiger partial charge in [-0.1, -0.05) is 188 Å². The van der Waals surface area contributed by atoms with Gasteiger partial charge in [-0.2, -0.15) is 0 Å². The van der Waals surface area contributed by atoms with Crippen molar-refractivity contribution in [3.63, 3.8) is 0 Å². The Kier molecular flexibility index (Phi) is 9.99. The molecule has 0 spiro atoms. The first kappa shape index (κ1) is 39.3. The minimum Gasteiger partial charge on any atom is -0.455 e. The molecule has 0 fully saturated rings. The predicted molar refractivity (Wildman–Crippen MR) is 267 cm³/mol. The Balaban J connectivity index is 1.10. The molecule has 12 aromatic rings. The lowest BCUT2D eigenvalue weighted by Crippen LogP contribution is -2.02. The molecule has 12 rings (SSSR count). The summed E-state index contributed by atoms with van der Waals surface area (Å²) in [6.07, 6.45) is 3.65. The van der Waals surface area contributed by atoms with Crippen molar-refractivity contribution in [2.75, 3.05) is 0 Å². The fourth-order valence-electron chi connectivity index (χ4n) is 8.64. The highest BCUT2D eigenvalue weighted by molar-refractivity contribution is 6.10. The Morgan fingerprint density at radius 3 is 1.21 bits per heavy atom. The van der Waals surface area contributed by atoms with E-state index in [-0.39, 0.29) is 0 Å². The van der Waals surface area contributed by atoms with Gasteiger partial charge in [0.2, 0.25) is 0 Å². The molecule has 4 heterocycles. The number of para-hydroxylation sites is 2. The van der Waals surface area contributed by atoms with Crippen molar-refractivity contribution in [3.05, 3.63) is 225 Å². The van der Waals surface area contributed by atoms with Gasteiger partial charge in [0.15, 0.2) is 34.9 Å². The number of rotatable bonds is 9. The normalized spacial score (nSPS) is 11.3. The van der Waals surface area contributed by atoms with Gasteiger partial charge in [0.1, 0.15) is 11.2 Å². The van der Waals surface area contributed by atoms with E-state index in [4.69, 9.17) is 34.3 Å². The van der Waals surface area contributed by atoms with Crippen LogP contribution in [0, 0.1) is 0 Å². The van der Waals surface area contributed by atoms with Gasteiger partial charge in [-0.3, -0.25) is 4.98 Å². The molecule has 0 bridgehead atoms. The molecule has 0 radical (unpaired) electrons. The highest BCUT2D eigenvalue weighted by Crippen LogP contribution is 2.43. The largest absolute Gasteiger partial charge is 0.455 e. The Labute approximate surface area is 386 Å². The molecule has 0 saturated heterocycles. The van der Waals surface area contributed by atoms with Crippen LogP contribution in [0.4, 0.5) is 0 Å². The molecule has 314 valence electrons. The van der Waals surface area contributed by atoms with Gasteiger partial charge in [-0.25, -0.2) is 29.9 Å². The topological polar surface area (TPSA) is 103 Å². The average molecular weight is 860 g/mol. The van der Waals surface area contributed by atoms with Crippen LogP contribution in [-0.2, 0) is 0 Å². The molecule has 67 heavy (non-hydrogen) atoms. The Hall–Kier alpha value is -9.27. The second kappa shape index (κ2) is 17.0. The first-order valence-electron chi connectivity index (χ1n) is 22.0. The standard InChI is InChI=1S/C59H37N7O/c1-5-17-38(18-6-1)54-61-55(39-19-7-2-8-20-39)64-58(63-54)50-35-42(30-32-45(50)44-25-16-34-60-37-44)43-31-33-46(48-27-15-28-49-47-26-13-14-29-52(47)67-53(48)49)51(36-43)59-65-56(40-21-9-3-10-22-40)62-57(66-59)41-23-11-4-12-24-41/h1-37H. The monoisotopic (exact) mass is 859 g/mol. The number of fused-ring (bicyclic) bond motifs is 3. The molecule has 8 aromatic carbocycles. The summed E-state index contributed by atoms with van der Waals surface area (Å²) in [6.45, 7) is 0. The van der Waals surface area contributed by atoms with Gasteiger partial charge < -0.3 is 4.42 Å². The molecule has 4 aromatic heterocycles. The first-order valence-corrected chi connectivity index (χ1v) is 22.0. The maximum atomic E-state index is 6.66. The van der Waals surface area contributed by atoms with E-state index >= 15 is 0 Å². The molecule has 0 aliphatic carbocycles. The number of hydrogen-bond acceptors (Lipinski definition) is 8. The summed E-state index contributed by atoms with van der Waals surface area (Å²) in [5.74, 6) is 3.38. The lowest BCUT2D eigenvalue weighted by atomic mass is 9.91. The fraction of sp³-hybridized carbons (Fsp3) is 0. The Morgan fingerprint density at radius 1 is 0.269 bits per heavy atom. The summed E-state index contributed by atoms with van der Waals surface area (Å²) in [5, 5.41) is 2.09. The summed E-state index contributed by atoms with van der Waals surface area (Å²) in [7, 11) is 0. The molecule has 0 unspecified atom stereocenters. The van der Waals surface area contributed by atoms with Gasteiger partial charge >= 0.3 is 0 Å². The molecule has 0 atom stereocenters. The minimum absolute atomic E-state index is 0.530. The smallest absolute Gasteiger partial charge is 0.164 e. The van der Waals surface area contributed by atoms with E-state index in [2.05, 4.69) is 71.7 Å². The van der Waals surface area contributed by atoms with Crippen LogP contribution in [0.1, 0.15) is 0 Å². The molecule has 8 nitrogen and oxygen atoms in total. The van der Waals surface area contributed by atoms with E-state index in [1.54, 1.807) is 6.20 Å². The van der Waals surface area contributed by atoms with Crippen LogP contribution in [0.15, 0.2) is 229 Å². The lowest BCUT2D eigenvalue weighted by Gasteiger charge is -2.16. The summed E-state index contributed by atoms with van der Waals surface area (Å²) < 4.78 is 6.66. The molecular weight excluding hydrogens is 823 g/mol. The maximum Gasteiger partial charge on any atom is 0.164 e. The highest BCUT2D eigenvalue weighted by atomic mass is 16.3. The Bertz CT molecular complexity index is 3620. The Morgan fingerprint density at radius 2 is 0.701 bits per heavy atom. The zero-order chi connectivity index (χ0) is 44.5. The summed E-state index contributed by atoms with van der Waals surface area (Å²) in [6, 6.07) is 71.5. The summed E-state index contributed by atoms with van der Waals surface area (Å²) in [5.41, 5.74) is 12.4. The predicted octanol–water partition coefficient (Wildman–Crippen LogP) is 14.4. The van der Waals surface area contributed by atoms with E-state index in [1.165, 1.54) is 0 Å². The zero-order valence-corrected chi connectivity index (χ0v) is 35.9. The number of hydrogen-bond donors (Lipinski definition) is 0. The van der Waals surface area contributed by atoms with Crippen molar-refractivity contribution in [2.45, 2.75) is 0 Å². The van der Waals surface area contributed by atoms with E-state index in [9.17, 15) is 0 Å². The van der Waals surface area contributed by atoms with Gasteiger partial charge in [0.25, 0.3) is 0 Å². The summed E-state index contributed by atoms with van der Waals surface area (Å²) >= 11 is 0. The number of benzene rings is 8. The molecule has 0 aliphatic heterocycles. The molecule has 8 heteroatoms. The molecule has 0 aliphatic rings. The van der Waals surface area contributed by atoms with Crippen LogP contribution >= 0.6 is 0 Å². The van der Waals surface area contributed by atoms with Crippen LogP contribution < -0.4 is 0 Å². The van der Waals surface area contributed by atoms with E-state index in [0.717, 1.165) is 88.7 Å². The van der Waals surface area contributed by atoms with Crippen LogP contribution in [0.5, 0.6) is 0 Å². The third kappa shape index (κ3) is 7.58. The quantitative estimate of drug-likeness (QED) is 0.141. The molecular formula is C59H37N7O. The van der Waals surface area contributed by atoms with Gasteiger partial charge in [0.05, 0.1) is 0 Å². The number of furan rings is 1. The van der Waals surface area contributed by atoms with Crippen LogP contribution in [0.25, 0.3) is 124 Å². The average Bonchev–Trinajstić information content (AvgIpc) is 3.81. The van der Waals surface area contributed by atoms with E-state index < -0.39 is 0 Å². The van der Waals surface area contributed by atoms with E-state index in [1.807, 2.05) is 152 Å². The number of nitrogens with zero attached hydrogens (tertiary/aromatic N) is 7.